The second kappa shape index (κ2) is 20.2. The molecule has 79 heavy (non-hydrogen) atoms. The molecule has 0 radical (unpaired) electrons. The normalized spacial score (nSPS) is 16.0. The van der Waals surface area contributed by atoms with Gasteiger partial charge >= 0.3 is 0 Å². The predicted octanol–water partition coefficient (Wildman–Crippen LogP) is 16.1. The van der Waals surface area contributed by atoms with Gasteiger partial charge in [-0.1, -0.05) is 212 Å². The fourth-order valence-corrected chi connectivity index (χ4v) is 17.5. The summed E-state index contributed by atoms with van der Waals surface area (Å²) in [6, 6.07) is 67.8. The van der Waals surface area contributed by atoms with E-state index in [1.54, 1.807) is 0 Å². The first-order chi connectivity index (χ1) is 39.8. The molecule has 13 rings (SSSR count). The Morgan fingerprint density at radius 1 is 0.582 bits per heavy atom. The average molecular weight is 1230 g/mol. The van der Waals surface area contributed by atoms with Gasteiger partial charge in [0.15, 0.2) is 0 Å². The molecule has 7 heteroatoms. The van der Waals surface area contributed by atoms with E-state index in [9.17, 15) is 2.74 Å². The summed E-state index contributed by atoms with van der Waals surface area (Å²) >= 11 is 0. The molecule has 0 saturated carbocycles. The molecule has 1 unspecified atom stereocenters. The first-order valence-electron chi connectivity index (χ1n) is 29.5. The molecule has 10 aromatic rings. The number of hydrogen-bond donors (Lipinski definition) is 0. The molecule has 0 amide bonds. The van der Waals surface area contributed by atoms with E-state index in [2.05, 4.69) is 216 Å². The van der Waals surface area contributed by atoms with Crippen LogP contribution in [0.2, 0.25) is 0 Å². The number of aromatic nitrogens is 1. The molecule has 5 nitrogen and oxygen atoms in total. The van der Waals surface area contributed by atoms with E-state index in [-0.39, 0.29) is 49.5 Å². The summed E-state index contributed by atoms with van der Waals surface area (Å²) in [7, 11) is -2.94. The van der Waals surface area contributed by atoms with Crippen LogP contribution in [0.15, 0.2) is 212 Å². The van der Waals surface area contributed by atoms with Crippen molar-refractivity contribution in [2.24, 2.45) is 5.92 Å². The summed E-state index contributed by atoms with van der Waals surface area (Å²) in [5.41, 5.74) is 13.2. The van der Waals surface area contributed by atoms with Crippen LogP contribution < -0.4 is 40.2 Å². The third kappa shape index (κ3) is 8.94. The van der Waals surface area contributed by atoms with Gasteiger partial charge in [0.25, 0.3) is 0 Å². The smallest absolute Gasteiger partial charge is 0.135 e. The minimum absolute atomic E-state index is 0. The van der Waals surface area contributed by atoms with Crippen molar-refractivity contribution in [3.05, 3.63) is 248 Å². The van der Waals surface area contributed by atoms with E-state index in [4.69, 9.17) is 13.8 Å². The molecular weight excluding hydrogens is 1160 g/mol. The standard InChI is InChI=1S/C72H63N4OSi.Pt/c1-48(2)40-49-38-39-73-68(41-49)76-64-34-21-31-61-60-28-15-18-35-66(60)78(70(61)64,57-26-13-10-14-27-57)67-37-36-56(46-65(67)76)77-55-25-19-24-54(45-55)74-47-75(63-33-17-16-32-62(63)74)69-58(50-22-11-9-12-23-50)29-20-30-59(69)51-42-52(71(3,4)5)44-53(43-51)72(6,7)8;/h9-39,41-44,47-48H,40H2,1-8H3;/q-3;/i9D,11D,12D,22D,23D;. The van der Waals surface area contributed by atoms with Gasteiger partial charge in [0.2, 0.25) is 0 Å². The van der Waals surface area contributed by atoms with Crippen LogP contribution in [0.25, 0.3) is 33.4 Å². The van der Waals surface area contributed by atoms with Gasteiger partial charge in [-0.3, -0.25) is 0 Å². The minimum atomic E-state index is -2.94. The van der Waals surface area contributed by atoms with E-state index >= 15 is 0 Å². The Bertz CT molecular complexity index is 4190. The van der Waals surface area contributed by atoms with Crippen LogP contribution in [0.5, 0.6) is 11.5 Å². The Balaban J connectivity index is 0.00000694. The van der Waals surface area contributed by atoms with Crippen LogP contribution in [0.3, 0.4) is 0 Å². The third-order valence-electron chi connectivity index (χ3n) is 15.6. The number of rotatable bonds is 10. The molecule has 1 atom stereocenters. The summed E-state index contributed by atoms with van der Waals surface area (Å²) in [5, 5.41) is 5.22. The summed E-state index contributed by atoms with van der Waals surface area (Å²) in [6.45, 7) is 19.8. The van der Waals surface area contributed by atoms with E-state index < -0.39 is 26.2 Å². The number of hydrogen-bond acceptors (Lipinski definition) is 5. The van der Waals surface area contributed by atoms with Crippen LogP contribution >= 0.6 is 0 Å². The molecule has 0 saturated heterocycles. The zero-order valence-electron chi connectivity index (χ0n) is 50.7. The second-order valence-electron chi connectivity index (χ2n) is 23.2. The van der Waals surface area contributed by atoms with Crippen molar-refractivity contribution in [2.45, 2.75) is 72.6 Å². The van der Waals surface area contributed by atoms with Crippen molar-refractivity contribution in [1.29, 1.82) is 0 Å². The summed E-state index contributed by atoms with van der Waals surface area (Å²) < 4.78 is 51.8. The summed E-state index contributed by atoms with van der Waals surface area (Å²) in [6.07, 6.45) is 2.85. The zero-order chi connectivity index (χ0) is 57.9. The van der Waals surface area contributed by atoms with Gasteiger partial charge in [0.05, 0.1) is 6.85 Å². The quantitative estimate of drug-likeness (QED) is 0.101. The molecule has 0 spiro atoms. The Labute approximate surface area is 489 Å². The molecule has 394 valence electrons. The van der Waals surface area contributed by atoms with Gasteiger partial charge in [-0.25, -0.2) is 4.98 Å². The molecule has 4 heterocycles. The maximum Gasteiger partial charge on any atom is 0.135 e. The largest absolute Gasteiger partial charge is 0.509 e. The fourth-order valence-electron chi connectivity index (χ4n) is 12.0. The third-order valence-corrected chi connectivity index (χ3v) is 20.5. The Hall–Kier alpha value is -7.76. The van der Waals surface area contributed by atoms with Crippen LogP contribution in [0, 0.1) is 24.7 Å². The van der Waals surface area contributed by atoms with Crippen LogP contribution in [0.4, 0.5) is 39.9 Å². The Morgan fingerprint density at radius 2 is 1.20 bits per heavy atom. The van der Waals surface area contributed by atoms with E-state index in [1.807, 2.05) is 55.3 Å². The summed E-state index contributed by atoms with van der Waals surface area (Å²) in [4.78, 5) is 11.6. The van der Waals surface area contributed by atoms with Crippen LogP contribution in [-0.2, 0) is 38.3 Å². The Kier molecular flexibility index (Phi) is 11.8. The van der Waals surface area contributed by atoms with Gasteiger partial charge in [-0.05, 0) is 103 Å². The van der Waals surface area contributed by atoms with Crippen LogP contribution in [-0.4, -0.2) is 13.1 Å². The van der Waals surface area contributed by atoms with E-state index in [0.717, 1.165) is 57.2 Å². The first-order valence-corrected chi connectivity index (χ1v) is 29.0. The number of para-hydroxylation sites is 3. The van der Waals surface area contributed by atoms with Crippen molar-refractivity contribution in [2.75, 3.05) is 14.7 Å². The van der Waals surface area contributed by atoms with Gasteiger partial charge in [0.1, 0.15) is 13.9 Å². The molecular formula is C72H63N4OPtSi-3. The number of anilines is 7. The number of nitrogens with zero attached hydrogens (tertiary/aromatic N) is 4. The van der Waals surface area contributed by atoms with Crippen molar-refractivity contribution in [1.82, 2.24) is 4.98 Å². The number of fused-ring (bicyclic) bond motifs is 6. The van der Waals surface area contributed by atoms with Crippen molar-refractivity contribution >= 4 is 68.8 Å². The molecule has 0 aliphatic carbocycles. The van der Waals surface area contributed by atoms with E-state index in [0.29, 0.717) is 34.4 Å². The van der Waals surface area contributed by atoms with Crippen molar-refractivity contribution in [3.63, 3.8) is 0 Å². The minimum Gasteiger partial charge on any atom is -0.509 e. The monoisotopic (exact) mass is 1230 g/mol. The Morgan fingerprint density at radius 3 is 1.94 bits per heavy atom. The first kappa shape index (κ1) is 46.2. The average Bonchev–Trinajstić information content (AvgIpc) is 1.53. The fraction of sp³-hybridized carbons (Fsp3) is 0.167. The zero-order valence-corrected chi connectivity index (χ0v) is 49.0. The molecule has 0 N–H and O–H groups in total. The topological polar surface area (TPSA) is 31.8 Å². The molecule has 0 bridgehead atoms. The molecule has 3 aliphatic rings. The van der Waals surface area contributed by atoms with Crippen molar-refractivity contribution in [3.8, 4) is 44.9 Å². The number of ether oxygens (including phenoxy) is 1. The van der Waals surface area contributed by atoms with Gasteiger partial charge in [-0.15, -0.1) is 47.9 Å². The van der Waals surface area contributed by atoms with Gasteiger partial charge in [-0.2, -0.15) is 12.1 Å². The summed E-state index contributed by atoms with van der Waals surface area (Å²) in [5.74, 6) is 2.30. The molecule has 3 aliphatic heterocycles. The van der Waals surface area contributed by atoms with Crippen molar-refractivity contribution < 1.29 is 32.7 Å². The molecule has 9 aromatic carbocycles. The second-order valence-corrected chi connectivity index (χ2v) is 26.9. The number of pyridine rings is 1. The van der Waals surface area contributed by atoms with Gasteiger partial charge in [0, 0.05) is 72.6 Å². The predicted molar refractivity (Wildman–Crippen MR) is 328 cm³/mol. The number of benzene rings is 9. The SMILES string of the molecule is [2H]c1c([2H])c([2H])c(-c2cccc(-c3cc(C(C)(C)C)cc(C(C)(C)C)c3)c2N2[CH-]N(c3[c-]c(Oc4[c-]c5c(cc4)[Si]4(c6ccccc6)c6ccccc6-c6cccc(c64)N5c4cc(CC(C)C)ccn4)ccc3)c3ccccc32)c([2H])c1[2H].[Pt]. The van der Waals surface area contributed by atoms with Gasteiger partial charge < -0.3 is 19.4 Å². The van der Waals surface area contributed by atoms with E-state index in [1.165, 1.54) is 37.4 Å². The molecule has 0 fully saturated rings. The maximum atomic E-state index is 9.31. The van der Waals surface area contributed by atoms with Crippen LogP contribution in [0.1, 0.15) is 78.9 Å². The maximum absolute atomic E-state index is 9.31. The molecule has 1 aromatic heterocycles.